The Labute approximate surface area is 108 Å². The molecule has 5 nitrogen and oxygen atoms in total. The van der Waals surface area contributed by atoms with Gasteiger partial charge < -0.3 is 9.52 Å². The second-order valence-corrected chi connectivity index (χ2v) is 6.51. The van der Waals surface area contributed by atoms with Gasteiger partial charge in [-0.2, -0.15) is 0 Å². The first-order chi connectivity index (χ1) is 8.03. The quantitative estimate of drug-likeness (QED) is 0.884. The highest BCUT2D eigenvalue weighted by molar-refractivity contribution is 9.10. The summed E-state index contributed by atoms with van der Waals surface area (Å²) in [5.74, 6) is 0.226. The first-order valence-corrected chi connectivity index (χ1v) is 7.72. The molecule has 0 aromatic carbocycles. The Morgan fingerprint density at radius 3 is 2.65 bits per heavy atom. The van der Waals surface area contributed by atoms with E-state index in [2.05, 4.69) is 20.7 Å². The summed E-state index contributed by atoms with van der Waals surface area (Å²) in [5, 5.41) is 8.90. The van der Waals surface area contributed by atoms with Crippen molar-refractivity contribution >= 4 is 26.0 Å². The first kappa shape index (κ1) is 13.1. The predicted molar refractivity (Wildman–Crippen MR) is 64.9 cm³/mol. The molecule has 1 aliphatic carbocycles. The molecule has 1 aliphatic rings. The number of hydrogen-bond acceptors (Lipinski definition) is 4. The van der Waals surface area contributed by atoms with Gasteiger partial charge in [-0.3, -0.25) is 0 Å². The van der Waals surface area contributed by atoms with Gasteiger partial charge in [0.2, 0.25) is 10.0 Å². The molecule has 1 heterocycles. The van der Waals surface area contributed by atoms with E-state index in [1.54, 1.807) is 0 Å². The van der Waals surface area contributed by atoms with Crippen molar-refractivity contribution in [1.82, 2.24) is 4.72 Å². The van der Waals surface area contributed by atoms with Crippen LogP contribution in [-0.2, 0) is 16.6 Å². The van der Waals surface area contributed by atoms with Gasteiger partial charge >= 0.3 is 0 Å². The Balaban J connectivity index is 2.21. The third kappa shape index (κ3) is 2.90. The van der Waals surface area contributed by atoms with E-state index in [0.717, 1.165) is 25.7 Å². The molecule has 1 aromatic heterocycles. The third-order valence-electron chi connectivity index (χ3n) is 2.83. The van der Waals surface area contributed by atoms with Gasteiger partial charge in [-0.05, 0) is 28.8 Å². The van der Waals surface area contributed by atoms with E-state index in [1.807, 2.05) is 0 Å². The normalized spacial score (nSPS) is 17.8. The van der Waals surface area contributed by atoms with Crippen LogP contribution in [0.25, 0.3) is 0 Å². The van der Waals surface area contributed by atoms with Crippen LogP contribution >= 0.6 is 15.9 Å². The zero-order valence-corrected chi connectivity index (χ0v) is 11.6. The largest absolute Gasteiger partial charge is 0.450 e. The molecule has 1 saturated carbocycles. The third-order valence-corrected chi connectivity index (χ3v) is 5.21. The second kappa shape index (κ2) is 5.09. The number of sulfonamides is 1. The molecule has 0 radical (unpaired) electrons. The molecule has 0 unspecified atom stereocenters. The minimum Gasteiger partial charge on any atom is -0.450 e. The van der Waals surface area contributed by atoms with Crippen molar-refractivity contribution in [1.29, 1.82) is 0 Å². The molecule has 96 valence electrons. The molecule has 0 saturated heterocycles. The van der Waals surface area contributed by atoms with Crippen LogP contribution in [0.1, 0.15) is 31.4 Å². The van der Waals surface area contributed by atoms with Crippen molar-refractivity contribution in [3.63, 3.8) is 0 Å². The van der Waals surface area contributed by atoms with Gasteiger partial charge in [0, 0.05) is 12.1 Å². The maximum atomic E-state index is 12.1. The van der Waals surface area contributed by atoms with Gasteiger partial charge in [0.25, 0.3) is 0 Å². The molecule has 0 bridgehead atoms. The van der Waals surface area contributed by atoms with E-state index in [1.165, 1.54) is 6.07 Å². The minimum absolute atomic E-state index is 0.0133. The summed E-state index contributed by atoms with van der Waals surface area (Å²) < 4.78 is 32.0. The number of halogens is 1. The summed E-state index contributed by atoms with van der Waals surface area (Å²) in [7, 11) is -3.57. The lowest BCUT2D eigenvalue weighted by Crippen LogP contribution is -2.32. The Hall–Kier alpha value is -0.370. The van der Waals surface area contributed by atoms with E-state index < -0.39 is 10.0 Å². The van der Waals surface area contributed by atoms with Crippen molar-refractivity contribution in [2.24, 2.45) is 0 Å². The molecule has 7 heteroatoms. The fourth-order valence-corrected chi connectivity index (χ4v) is 4.29. The summed E-state index contributed by atoms with van der Waals surface area (Å²) in [5.41, 5.74) is 0. The summed E-state index contributed by atoms with van der Waals surface area (Å²) in [6.07, 6.45) is 3.87. The number of furan rings is 1. The zero-order chi connectivity index (χ0) is 12.5. The lowest BCUT2D eigenvalue weighted by Gasteiger charge is -2.11. The Morgan fingerprint density at radius 1 is 1.47 bits per heavy atom. The average molecular weight is 324 g/mol. The van der Waals surface area contributed by atoms with Crippen LogP contribution in [0.15, 0.2) is 20.0 Å². The smallest absolute Gasteiger partial charge is 0.245 e. The Kier molecular flexibility index (Phi) is 3.92. The van der Waals surface area contributed by atoms with Crippen LogP contribution in [0.3, 0.4) is 0 Å². The summed E-state index contributed by atoms with van der Waals surface area (Å²) in [6.45, 7) is -0.322. The fourth-order valence-electron chi connectivity index (χ4n) is 1.99. The monoisotopic (exact) mass is 323 g/mol. The van der Waals surface area contributed by atoms with E-state index >= 15 is 0 Å². The maximum absolute atomic E-state index is 12.1. The minimum atomic E-state index is -3.57. The van der Waals surface area contributed by atoms with Crippen LogP contribution in [-0.4, -0.2) is 19.6 Å². The SMILES string of the molecule is O=S(=O)(NC1CCCC1)c1cc(CO)oc1Br. The second-order valence-electron chi connectivity index (χ2n) is 4.11. The van der Waals surface area contributed by atoms with Crippen LogP contribution in [0.2, 0.25) is 0 Å². The van der Waals surface area contributed by atoms with Crippen molar-refractivity contribution < 1.29 is 17.9 Å². The van der Waals surface area contributed by atoms with Crippen LogP contribution < -0.4 is 4.72 Å². The molecular weight excluding hydrogens is 310 g/mol. The van der Waals surface area contributed by atoms with Gasteiger partial charge in [0.1, 0.15) is 17.3 Å². The molecule has 0 aliphatic heterocycles. The fraction of sp³-hybridized carbons (Fsp3) is 0.600. The summed E-state index contributed by atoms with van der Waals surface area (Å²) in [4.78, 5) is 0.0495. The van der Waals surface area contributed by atoms with Gasteiger partial charge in [-0.15, -0.1) is 0 Å². The molecule has 0 atom stereocenters. The van der Waals surface area contributed by atoms with E-state index in [9.17, 15) is 8.42 Å². The van der Waals surface area contributed by atoms with E-state index in [0.29, 0.717) is 0 Å². The molecule has 2 N–H and O–H groups in total. The first-order valence-electron chi connectivity index (χ1n) is 5.44. The van der Waals surface area contributed by atoms with Crippen LogP contribution in [0.4, 0.5) is 0 Å². The topological polar surface area (TPSA) is 79.5 Å². The Morgan fingerprint density at radius 2 is 2.12 bits per heavy atom. The van der Waals surface area contributed by atoms with E-state index in [4.69, 9.17) is 9.52 Å². The zero-order valence-electron chi connectivity index (χ0n) is 9.15. The summed E-state index contributed by atoms with van der Waals surface area (Å²) in [6, 6.07) is 1.35. The molecule has 1 fully saturated rings. The number of hydrogen-bond donors (Lipinski definition) is 2. The van der Waals surface area contributed by atoms with Crippen LogP contribution in [0, 0.1) is 0 Å². The van der Waals surface area contributed by atoms with Gasteiger partial charge in [-0.25, -0.2) is 13.1 Å². The molecule has 0 spiro atoms. The maximum Gasteiger partial charge on any atom is 0.245 e. The molecule has 17 heavy (non-hydrogen) atoms. The van der Waals surface area contributed by atoms with Gasteiger partial charge in [0.15, 0.2) is 4.67 Å². The highest BCUT2D eigenvalue weighted by atomic mass is 79.9. The van der Waals surface area contributed by atoms with Crippen LogP contribution in [0.5, 0.6) is 0 Å². The van der Waals surface area contributed by atoms with Crippen molar-refractivity contribution in [2.45, 2.75) is 43.2 Å². The molecule has 1 aromatic rings. The number of nitrogens with one attached hydrogen (secondary N) is 1. The molecular formula is C10H14BrNO4S. The standard InChI is InChI=1S/C10H14BrNO4S/c11-10-9(5-8(6-13)16-10)17(14,15)12-7-3-1-2-4-7/h5,7,12-13H,1-4,6H2. The Bertz CT molecular complexity index is 490. The van der Waals surface area contributed by atoms with E-state index in [-0.39, 0.29) is 28.0 Å². The van der Waals surface area contributed by atoms with Crippen molar-refractivity contribution in [3.05, 3.63) is 16.5 Å². The molecule has 0 amide bonds. The average Bonchev–Trinajstić information content (AvgIpc) is 2.86. The number of aliphatic hydroxyl groups is 1. The van der Waals surface area contributed by atoms with Crippen molar-refractivity contribution in [3.8, 4) is 0 Å². The van der Waals surface area contributed by atoms with Gasteiger partial charge in [0.05, 0.1) is 0 Å². The number of rotatable bonds is 4. The lowest BCUT2D eigenvalue weighted by molar-refractivity contribution is 0.245. The number of aliphatic hydroxyl groups excluding tert-OH is 1. The summed E-state index contributed by atoms with van der Waals surface area (Å²) >= 11 is 3.05. The van der Waals surface area contributed by atoms with Gasteiger partial charge in [-0.1, -0.05) is 12.8 Å². The molecule has 2 rings (SSSR count). The highest BCUT2D eigenvalue weighted by Crippen LogP contribution is 2.27. The highest BCUT2D eigenvalue weighted by Gasteiger charge is 2.26. The predicted octanol–water partition coefficient (Wildman–Crippen LogP) is 1.76. The van der Waals surface area contributed by atoms with Crippen molar-refractivity contribution in [2.75, 3.05) is 0 Å². The lowest BCUT2D eigenvalue weighted by atomic mass is 10.3.